The number of amides is 1. The third-order valence-electron chi connectivity index (χ3n) is 4.34. The van der Waals surface area contributed by atoms with Gasteiger partial charge in [-0.1, -0.05) is 12.1 Å². The van der Waals surface area contributed by atoms with Gasteiger partial charge in [0.2, 0.25) is 11.0 Å². The predicted octanol–water partition coefficient (Wildman–Crippen LogP) is 2.26. The number of carbonyl (C=O) groups is 1. The summed E-state index contributed by atoms with van der Waals surface area (Å²) < 4.78 is 15.0. The normalized spacial score (nSPS) is 13.4. The molecule has 1 fully saturated rings. The van der Waals surface area contributed by atoms with E-state index in [4.69, 9.17) is 9.47 Å². The molecule has 0 spiro atoms. The van der Waals surface area contributed by atoms with Gasteiger partial charge in [-0.05, 0) is 30.5 Å². The number of carbonyl (C=O) groups excluding carboxylic acids is 1. The van der Waals surface area contributed by atoms with Gasteiger partial charge in [-0.15, -0.1) is 0 Å². The van der Waals surface area contributed by atoms with Gasteiger partial charge < -0.3 is 19.7 Å². The molecule has 146 valence electrons. The Hall–Kier alpha value is -2.19. The molecule has 0 saturated heterocycles. The van der Waals surface area contributed by atoms with E-state index in [-0.39, 0.29) is 5.91 Å². The highest BCUT2D eigenvalue weighted by atomic mass is 32.1. The molecule has 1 aliphatic rings. The minimum Gasteiger partial charge on any atom is -0.497 e. The van der Waals surface area contributed by atoms with Crippen LogP contribution in [0.15, 0.2) is 24.3 Å². The van der Waals surface area contributed by atoms with Crippen molar-refractivity contribution in [2.45, 2.75) is 31.7 Å². The molecule has 0 unspecified atom stereocenters. The topological polar surface area (TPSA) is 76.6 Å². The van der Waals surface area contributed by atoms with Crippen molar-refractivity contribution < 1.29 is 14.3 Å². The Balaban J connectivity index is 1.60. The standard InChI is InChI=1S/C19H26N4O3S/c1-25-11-10-23(9-8-18(24)20-15-6-7-15)19-21-17(22-27-19)13-14-4-3-5-16(12-14)26-2/h3-5,12,15H,6-11,13H2,1-2H3,(H,20,24). The van der Waals surface area contributed by atoms with Crippen LogP contribution in [0, 0.1) is 0 Å². The first-order valence-electron chi connectivity index (χ1n) is 9.16. The van der Waals surface area contributed by atoms with Gasteiger partial charge in [0.15, 0.2) is 0 Å². The molecule has 8 heteroatoms. The van der Waals surface area contributed by atoms with E-state index in [1.165, 1.54) is 11.5 Å². The van der Waals surface area contributed by atoms with Gasteiger partial charge in [-0.3, -0.25) is 4.79 Å². The first kappa shape index (κ1) is 19.6. The second kappa shape index (κ2) is 9.66. The molecule has 7 nitrogen and oxygen atoms in total. The van der Waals surface area contributed by atoms with Crippen LogP contribution in [0.5, 0.6) is 5.75 Å². The van der Waals surface area contributed by atoms with Crippen LogP contribution in [0.25, 0.3) is 0 Å². The van der Waals surface area contributed by atoms with E-state index in [0.29, 0.717) is 38.6 Å². The number of hydrogen-bond donors (Lipinski definition) is 1. The average Bonchev–Trinajstić information content (AvgIpc) is 3.37. The molecule has 0 atom stereocenters. The molecular formula is C19H26N4O3S. The summed E-state index contributed by atoms with van der Waals surface area (Å²) in [5.74, 6) is 1.69. The lowest BCUT2D eigenvalue weighted by Gasteiger charge is -2.20. The molecule has 27 heavy (non-hydrogen) atoms. The molecule has 0 bridgehead atoms. The molecule has 0 radical (unpaired) electrons. The number of anilines is 1. The molecule has 1 aromatic carbocycles. The molecule has 3 rings (SSSR count). The predicted molar refractivity (Wildman–Crippen MR) is 106 cm³/mol. The van der Waals surface area contributed by atoms with Crippen molar-refractivity contribution >= 4 is 22.6 Å². The molecule has 1 amide bonds. The number of hydrogen-bond acceptors (Lipinski definition) is 7. The Morgan fingerprint density at radius 2 is 2.19 bits per heavy atom. The van der Waals surface area contributed by atoms with Crippen molar-refractivity contribution in [3.63, 3.8) is 0 Å². The molecule has 1 heterocycles. The maximum Gasteiger partial charge on any atom is 0.221 e. The van der Waals surface area contributed by atoms with E-state index >= 15 is 0 Å². The lowest BCUT2D eigenvalue weighted by atomic mass is 10.1. The van der Waals surface area contributed by atoms with Crippen molar-refractivity contribution in [1.29, 1.82) is 0 Å². The van der Waals surface area contributed by atoms with Crippen molar-refractivity contribution in [3.05, 3.63) is 35.7 Å². The quantitative estimate of drug-likeness (QED) is 0.634. The van der Waals surface area contributed by atoms with Crippen LogP contribution in [-0.4, -0.2) is 55.2 Å². The van der Waals surface area contributed by atoms with Gasteiger partial charge in [-0.2, -0.15) is 4.37 Å². The van der Waals surface area contributed by atoms with Gasteiger partial charge >= 0.3 is 0 Å². The summed E-state index contributed by atoms with van der Waals surface area (Å²) in [5.41, 5.74) is 1.10. The lowest BCUT2D eigenvalue weighted by molar-refractivity contribution is -0.121. The second-order valence-electron chi connectivity index (χ2n) is 6.59. The lowest BCUT2D eigenvalue weighted by Crippen LogP contribution is -2.33. The largest absolute Gasteiger partial charge is 0.497 e. The SMILES string of the molecule is COCCN(CCC(=O)NC1CC1)c1nc(Cc2cccc(OC)c2)ns1. The Morgan fingerprint density at radius 1 is 1.33 bits per heavy atom. The third kappa shape index (κ3) is 6.18. The van der Waals surface area contributed by atoms with Gasteiger partial charge in [0.1, 0.15) is 11.6 Å². The second-order valence-corrected chi connectivity index (χ2v) is 7.32. The van der Waals surface area contributed by atoms with E-state index in [9.17, 15) is 4.79 Å². The number of benzene rings is 1. The fraction of sp³-hybridized carbons (Fsp3) is 0.526. The van der Waals surface area contributed by atoms with Gasteiger partial charge in [0.05, 0.1) is 13.7 Å². The maximum atomic E-state index is 12.0. The zero-order valence-electron chi connectivity index (χ0n) is 15.8. The van der Waals surface area contributed by atoms with Crippen LogP contribution >= 0.6 is 11.5 Å². The highest BCUT2D eigenvalue weighted by Crippen LogP contribution is 2.21. The molecule has 1 aliphatic carbocycles. The molecule has 0 aliphatic heterocycles. The Kier molecular flexibility index (Phi) is 7.00. The number of methoxy groups -OCH3 is 2. The summed E-state index contributed by atoms with van der Waals surface area (Å²) in [4.78, 5) is 18.7. The van der Waals surface area contributed by atoms with Crippen molar-refractivity contribution in [1.82, 2.24) is 14.7 Å². The third-order valence-corrected chi connectivity index (χ3v) is 5.16. The fourth-order valence-electron chi connectivity index (χ4n) is 2.68. The van der Waals surface area contributed by atoms with Crippen LogP contribution in [0.2, 0.25) is 0 Å². The maximum absolute atomic E-state index is 12.0. The zero-order valence-corrected chi connectivity index (χ0v) is 16.6. The Labute approximate surface area is 163 Å². The summed E-state index contributed by atoms with van der Waals surface area (Å²) in [7, 11) is 3.33. The minimum absolute atomic E-state index is 0.0982. The summed E-state index contributed by atoms with van der Waals surface area (Å²) in [6, 6.07) is 8.30. The monoisotopic (exact) mass is 390 g/mol. The first-order valence-corrected chi connectivity index (χ1v) is 9.94. The number of aromatic nitrogens is 2. The van der Waals surface area contributed by atoms with Crippen LogP contribution in [-0.2, 0) is 16.0 Å². The Morgan fingerprint density at radius 3 is 2.93 bits per heavy atom. The smallest absolute Gasteiger partial charge is 0.221 e. The van der Waals surface area contributed by atoms with E-state index in [0.717, 1.165) is 35.1 Å². The van der Waals surface area contributed by atoms with Gasteiger partial charge in [0, 0.05) is 50.6 Å². The zero-order chi connectivity index (χ0) is 19.1. The van der Waals surface area contributed by atoms with Crippen LogP contribution in [0.1, 0.15) is 30.7 Å². The highest BCUT2D eigenvalue weighted by molar-refractivity contribution is 7.09. The number of nitrogens with one attached hydrogen (secondary N) is 1. The molecule has 1 saturated carbocycles. The van der Waals surface area contributed by atoms with Crippen molar-refractivity contribution in [2.24, 2.45) is 0 Å². The summed E-state index contributed by atoms with van der Waals surface area (Å²) >= 11 is 1.36. The van der Waals surface area contributed by atoms with Crippen LogP contribution in [0.3, 0.4) is 0 Å². The minimum atomic E-state index is 0.0982. The molecule has 1 N–H and O–H groups in total. The van der Waals surface area contributed by atoms with E-state index < -0.39 is 0 Å². The Bertz CT molecular complexity index is 748. The van der Waals surface area contributed by atoms with E-state index in [2.05, 4.69) is 19.6 Å². The van der Waals surface area contributed by atoms with Crippen molar-refractivity contribution in [3.8, 4) is 5.75 Å². The van der Waals surface area contributed by atoms with Crippen molar-refractivity contribution in [2.75, 3.05) is 38.8 Å². The summed E-state index contributed by atoms with van der Waals surface area (Å²) in [6.07, 6.45) is 3.30. The van der Waals surface area contributed by atoms with Gasteiger partial charge in [-0.25, -0.2) is 4.98 Å². The highest BCUT2D eigenvalue weighted by Gasteiger charge is 2.23. The number of nitrogens with zero attached hydrogens (tertiary/aromatic N) is 3. The fourth-order valence-corrected chi connectivity index (χ4v) is 3.42. The molecule has 2 aromatic rings. The molecular weight excluding hydrogens is 364 g/mol. The van der Waals surface area contributed by atoms with E-state index in [1.807, 2.05) is 24.3 Å². The molecule has 1 aromatic heterocycles. The van der Waals surface area contributed by atoms with Crippen LogP contribution in [0.4, 0.5) is 5.13 Å². The summed E-state index contributed by atoms with van der Waals surface area (Å²) in [6.45, 7) is 1.87. The number of rotatable bonds is 11. The van der Waals surface area contributed by atoms with E-state index in [1.54, 1.807) is 14.2 Å². The van der Waals surface area contributed by atoms with Crippen LogP contribution < -0.4 is 15.0 Å². The summed E-state index contributed by atoms with van der Waals surface area (Å²) in [5, 5.41) is 3.85. The van der Waals surface area contributed by atoms with Gasteiger partial charge in [0.25, 0.3) is 0 Å². The average molecular weight is 391 g/mol. The number of ether oxygens (including phenoxy) is 2. The first-order chi connectivity index (χ1) is 13.2.